The van der Waals surface area contributed by atoms with Crippen molar-refractivity contribution in [1.82, 2.24) is 4.90 Å². The Morgan fingerprint density at radius 1 is 1.30 bits per heavy atom. The van der Waals surface area contributed by atoms with E-state index in [9.17, 15) is 18.0 Å². The van der Waals surface area contributed by atoms with Crippen molar-refractivity contribution in [3.8, 4) is 0 Å². The molecule has 0 aromatic rings. The molecule has 0 aromatic heterocycles. The Labute approximate surface area is 142 Å². The van der Waals surface area contributed by atoms with Crippen molar-refractivity contribution in [1.29, 1.82) is 0 Å². The zero-order valence-corrected chi connectivity index (χ0v) is 15.4. The summed E-state index contributed by atoms with van der Waals surface area (Å²) in [6.45, 7) is 5.01. The number of ether oxygens (including phenoxy) is 2. The number of esters is 1. The van der Waals surface area contributed by atoms with E-state index < -0.39 is 38.8 Å². The van der Waals surface area contributed by atoms with Gasteiger partial charge in [0, 0.05) is 12.4 Å². The van der Waals surface area contributed by atoms with Crippen molar-refractivity contribution in [3.63, 3.8) is 0 Å². The van der Waals surface area contributed by atoms with Crippen LogP contribution in [0.15, 0.2) is 0 Å². The summed E-state index contributed by atoms with van der Waals surface area (Å²) in [5.74, 6) is -0.481. The van der Waals surface area contributed by atoms with Gasteiger partial charge in [0.1, 0.15) is 11.6 Å². The van der Waals surface area contributed by atoms with Crippen LogP contribution < -0.4 is 0 Å². The second kappa shape index (κ2) is 7.70. The average Bonchev–Trinajstić information content (AvgIpc) is 2.88. The molecule has 0 aliphatic carbocycles. The quantitative estimate of drug-likeness (QED) is 0.540. The Morgan fingerprint density at radius 3 is 2.39 bits per heavy atom. The van der Waals surface area contributed by atoms with E-state index in [0.29, 0.717) is 6.42 Å². The minimum Gasteiger partial charge on any atom is -0.467 e. The third-order valence-corrected chi connectivity index (χ3v) is 5.92. The van der Waals surface area contributed by atoms with Gasteiger partial charge in [-0.15, -0.1) is 11.6 Å². The summed E-state index contributed by atoms with van der Waals surface area (Å²) in [5.41, 5.74) is -0.743. The van der Waals surface area contributed by atoms with Gasteiger partial charge in [-0.2, -0.15) is 0 Å². The number of methoxy groups -OCH3 is 1. The lowest BCUT2D eigenvalue weighted by atomic mass is 10.2. The number of nitrogens with zero attached hydrogens (tertiary/aromatic N) is 1. The molecule has 134 valence electrons. The van der Waals surface area contributed by atoms with Crippen molar-refractivity contribution in [2.45, 2.75) is 50.5 Å². The summed E-state index contributed by atoms with van der Waals surface area (Å²) in [6, 6.07) is -0.953. The van der Waals surface area contributed by atoms with Crippen LogP contribution in [0.1, 0.15) is 33.6 Å². The molecule has 7 nitrogen and oxygen atoms in total. The van der Waals surface area contributed by atoms with Gasteiger partial charge in [0.25, 0.3) is 0 Å². The standard InChI is InChI=1S/C14H24ClNO6S/c1-14(2,3)22-13(18)16-9-10(8-11(16)12(17)21-4)23(19,20)7-5-6-15/h10-11H,5-9H2,1-4H3/t10-,11+/m1/s1. The average molecular weight is 370 g/mol. The molecule has 9 heteroatoms. The molecule has 0 N–H and O–H groups in total. The van der Waals surface area contributed by atoms with Gasteiger partial charge >= 0.3 is 12.1 Å². The lowest BCUT2D eigenvalue weighted by molar-refractivity contribution is -0.145. The Bertz CT molecular complexity index is 542. The summed E-state index contributed by atoms with van der Waals surface area (Å²) in [6.07, 6.45) is -0.380. The van der Waals surface area contributed by atoms with Crippen LogP contribution in [0.25, 0.3) is 0 Å². The summed E-state index contributed by atoms with van der Waals surface area (Å²) in [4.78, 5) is 25.3. The molecule has 1 aliphatic rings. The van der Waals surface area contributed by atoms with Gasteiger partial charge in [-0.3, -0.25) is 4.90 Å². The van der Waals surface area contributed by atoms with Crippen molar-refractivity contribution in [2.24, 2.45) is 0 Å². The fourth-order valence-electron chi connectivity index (χ4n) is 2.36. The van der Waals surface area contributed by atoms with E-state index >= 15 is 0 Å². The highest BCUT2D eigenvalue weighted by molar-refractivity contribution is 7.92. The molecule has 0 bridgehead atoms. The maximum atomic E-state index is 12.3. The third-order valence-electron chi connectivity index (χ3n) is 3.43. The highest BCUT2D eigenvalue weighted by Gasteiger charge is 2.46. The third kappa shape index (κ3) is 5.53. The van der Waals surface area contributed by atoms with Crippen LogP contribution in [0.3, 0.4) is 0 Å². The molecular weight excluding hydrogens is 346 g/mol. The maximum Gasteiger partial charge on any atom is 0.411 e. The van der Waals surface area contributed by atoms with Crippen LogP contribution in [0, 0.1) is 0 Å². The number of alkyl halides is 1. The van der Waals surface area contributed by atoms with Gasteiger partial charge < -0.3 is 9.47 Å². The molecule has 23 heavy (non-hydrogen) atoms. The Hall–Kier alpha value is -1.02. The van der Waals surface area contributed by atoms with Gasteiger partial charge in [-0.05, 0) is 33.6 Å². The number of carbonyl (C=O) groups excluding carboxylic acids is 2. The zero-order valence-electron chi connectivity index (χ0n) is 13.9. The van der Waals surface area contributed by atoms with Gasteiger partial charge in [-0.1, -0.05) is 0 Å². The largest absolute Gasteiger partial charge is 0.467 e. The van der Waals surface area contributed by atoms with E-state index in [1.54, 1.807) is 20.8 Å². The molecule has 0 aromatic carbocycles. The number of carbonyl (C=O) groups is 2. The molecule has 1 amide bonds. The highest BCUT2D eigenvalue weighted by Crippen LogP contribution is 2.27. The maximum absolute atomic E-state index is 12.3. The van der Waals surface area contributed by atoms with Crippen molar-refractivity contribution in [2.75, 3.05) is 25.3 Å². The predicted octanol–water partition coefficient (Wildman–Crippen LogP) is 1.58. The highest BCUT2D eigenvalue weighted by atomic mass is 35.5. The minimum atomic E-state index is -3.45. The number of amides is 1. The van der Waals surface area contributed by atoms with E-state index in [1.165, 1.54) is 7.11 Å². The van der Waals surface area contributed by atoms with E-state index in [0.717, 1.165) is 4.90 Å². The summed E-state index contributed by atoms with van der Waals surface area (Å²) < 4.78 is 34.6. The first-order valence-corrected chi connectivity index (χ1v) is 9.62. The first kappa shape index (κ1) is 20.0. The van der Waals surface area contributed by atoms with Gasteiger partial charge in [0.2, 0.25) is 0 Å². The number of hydrogen-bond acceptors (Lipinski definition) is 6. The van der Waals surface area contributed by atoms with Gasteiger partial charge in [-0.25, -0.2) is 18.0 Å². The van der Waals surface area contributed by atoms with Crippen LogP contribution in [0.4, 0.5) is 4.79 Å². The lowest BCUT2D eigenvalue weighted by Gasteiger charge is -2.27. The fraction of sp³-hybridized carbons (Fsp3) is 0.857. The Balaban J connectivity index is 2.95. The molecule has 1 saturated heterocycles. The molecule has 0 spiro atoms. The van der Waals surface area contributed by atoms with E-state index in [2.05, 4.69) is 4.74 Å². The number of hydrogen-bond donors (Lipinski definition) is 0. The molecule has 1 heterocycles. The Morgan fingerprint density at radius 2 is 1.91 bits per heavy atom. The number of rotatable bonds is 5. The second-order valence-corrected chi connectivity index (χ2v) is 9.22. The van der Waals surface area contributed by atoms with Crippen molar-refractivity contribution < 1.29 is 27.5 Å². The van der Waals surface area contributed by atoms with Crippen LogP contribution in [0.5, 0.6) is 0 Å². The lowest BCUT2D eigenvalue weighted by Crippen LogP contribution is -2.44. The summed E-state index contributed by atoms with van der Waals surface area (Å²) >= 11 is 5.54. The van der Waals surface area contributed by atoms with Crippen LogP contribution in [-0.2, 0) is 24.1 Å². The topological polar surface area (TPSA) is 90.0 Å². The molecule has 0 saturated carbocycles. The molecular formula is C14H24ClNO6S. The van der Waals surface area contributed by atoms with E-state index in [4.69, 9.17) is 16.3 Å². The van der Waals surface area contributed by atoms with Crippen molar-refractivity contribution >= 4 is 33.5 Å². The Kier molecular flexibility index (Phi) is 6.70. The second-order valence-electron chi connectivity index (χ2n) is 6.44. The molecule has 2 atom stereocenters. The zero-order chi connectivity index (χ0) is 17.8. The summed E-state index contributed by atoms with van der Waals surface area (Å²) in [5, 5.41) is -0.817. The van der Waals surface area contributed by atoms with Crippen LogP contribution in [-0.4, -0.2) is 67.6 Å². The predicted molar refractivity (Wildman–Crippen MR) is 86.3 cm³/mol. The number of halogens is 1. The SMILES string of the molecule is COC(=O)[C@@H]1C[C@@H](S(=O)(=O)CCCCl)CN1C(=O)OC(C)(C)C. The first-order chi connectivity index (χ1) is 10.5. The normalized spacial score (nSPS) is 22.0. The summed E-state index contributed by atoms with van der Waals surface area (Å²) in [7, 11) is -2.25. The minimum absolute atomic E-state index is 0.0105. The van der Waals surface area contributed by atoms with Gasteiger partial charge in [0.15, 0.2) is 9.84 Å². The first-order valence-electron chi connectivity index (χ1n) is 7.37. The van der Waals surface area contributed by atoms with E-state index in [-0.39, 0.29) is 24.6 Å². The number of sulfone groups is 1. The molecule has 0 radical (unpaired) electrons. The monoisotopic (exact) mass is 369 g/mol. The van der Waals surface area contributed by atoms with Crippen LogP contribution >= 0.6 is 11.6 Å². The van der Waals surface area contributed by atoms with Crippen LogP contribution in [0.2, 0.25) is 0 Å². The molecule has 1 aliphatic heterocycles. The molecule has 1 fully saturated rings. The molecule has 1 rings (SSSR count). The van der Waals surface area contributed by atoms with Gasteiger partial charge in [0.05, 0.1) is 18.1 Å². The van der Waals surface area contributed by atoms with E-state index in [1.807, 2.05) is 0 Å². The smallest absolute Gasteiger partial charge is 0.411 e. The van der Waals surface area contributed by atoms with Crippen molar-refractivity contribution in [3.05, 3.63) is 0 Å². The fourth-order valence-corrected chi connectivity index (χ4v) is 4.40. The molecule has 0 unspecified atom stereocenters. The number of likely N-dealkylation sites (tertiary alicyclic amines) is 1.